The van der Waals surface area contributed by atoms with Crippen molar-refractivity contribution >= 4 is 49.6 Å². The maximum atomic E-state index is 2.42. The second-order valence-corrected chi connectivity index (χ2v) is 17.0. The minimum absolute atomic E-state index is 1.07. The molecule has 0 saturated heterocycles. The van der Waals surface area contributed by atoms with E-state index in [-0.39, 0.29) is 0 Å². The highest BCUT2D eigenvalue weighted by molar-refractivity contribution is 6.18. The Balaban J connectivity index is 1.04. The Kier molecular flexibility index (Phi) is 9.89. The Morgan fingerprint density at radius 3 is 1.30 bits per heavy atom. The van der Waals surface area contributed by atoms with Crippen LogP contribution in [0.15, 0.2) is 267 Å². The molecule has 0 spiro atoms. The van der Waals surface area contributed by atoms with Crippen LogP contribution in [0.3, 0.4) is 0 Å². The zero-order valence-corrected chi connectivity index (χ0v) is 36.3. The van der Waals surface area contributed by atoms with Crippen LogP contribution >= 0.6 is 0 Å². The highest BCUT2D eigenvalue weighted by Gasteiger charge is 2.20. The minimum Gasteiger partial charge on any atom is -0.310 e. The number of rotatable bonds is 9. The first-order valence-corrected chi connectivity index (χ1v) is 22.7. The molecule has 12 rings (SSSR count). The van der Waals surface area contributed by atoms with Crippen LogP contribution in [0.1, 0.15) is 0 Å². The van der Waals surface area contributed by atoms with E-state index in [1.165, 1.54) is 71.5 Å². The first kappa shape index (κ1) is 38.9. The molecule has 11 aromatic carbocycles. The predicted octanol–water partition coefficient (Wildman–Crippen LogP) is 17.7. The summed E-state index contributed by atoms with van der Waals surface area (Å²) in [6.45, 7) is 0. The molecule has 0 aliphatic carbocycles. The molecule has 0 fully saturated rings. The summed E-state index contributed by atoms with van der Waals surface area (Å²) in [5, 5.41) is 4.94. The summed E-state index contributed by atoms with van der Waals surface area (Å²) in [6.07, 6.45) is 0. The summed E-state index contributed by atoms with van der Waals surface area (Å²) in [4.78, 5) is 2.42. The lowest BCUT2D eigenvalue weighted by atomic mass is 9.96. The predicted molar refractivity (Wildman–Crippen MR) is 280 cm³/mol. The topological polar surface area (TPSA) is 8.17 Å². The van der Waals surface area contributed by atoms with Gasteiger partial charge in [-0.05, 0) is 139 Å². The molecule has 2 nitrogen and oxygen atoms in total. The molecule has 66 heavy (non-hydrogen) atoms. The number of aromatic nitrogens is 1. The van der Waals surface area contributed by atoms with Gasteiger partial charge in [0.25, 0.3) is 0 Å². The van der Waals surface area contributed by atoms with Gasteiger partial charge in [0.05, 0.1) is 11.0 Å². The van der Waals surface area contributed by atoms with E-state index >= 15 is 0 Å². The normalized spacial score (nSPS) is 11.3. The average molecular weight is 841 g/mol. The average Bonchev–Trinajstić information content (AvgIpc) is 3.72. The third-order valence-corrected chi connectivity index (χ3v) is 12.9. The standard InChI is InChI=1S/C64H44N2/c1-5-17-45(18-6-1)48-31-33-49(34-32-48)50-35-37-57(38-36-50)65(59-41-54(46-19-7-2-8-20-46)39-55(42-59)47-21-9-3-10-22-47)58-28-15-25-53(40-58)60-29-16-30-62-64(60)61-43-51-23-13-14-24-52(51)44-63(61)66(62)56-26-11-4-12-27-56/h1-44H. The van der Waals surface area contributed by atoms with Crippen LogP contribution in [0.4, 0.5) is 17.1 Å². The Morgan fingerprint density at radius 1 is 0.258 bits per heavy atom. The number of anilines is 3. The Morgan fingerprint density at radius 2 is 0.712 bits per heavy atom. The maximum Gasteiger partial charge on any atom is 0.0547 e. The van der Waals surface area contributed by atoms with Gasteiger partial charge in [-0.15, -0.1) is 0 Å². The van der Waals surface area contributed by atoms with Gasteiger partial charge >= 0.3 is 0 Å². The molecule has 0 atom stereocenters. The van der Waals surface area contributed by atoms with Crippen molar-refractivity contribution in [1.29, 1.82) is 0 Å². The molecule has 0 amide bonds. The van der Waals surface area contributed by atoms with Gasteiger partial charge in [-0.1, -0.05) is 194 Å². The van der Waals surface area contributed by atoms with Crippen LogP contribution < -0.4 is 4.90 Å². The van der Waals surface area contributed by atoms with Crippen molar-refractivity contribution in [3.8, 4) is 61.3 Å². The largest absolute Gasteiger partial charge is 0.310 e. The highest BCUT2D eigenvalue weighted by atomic mass is 15.1. The van der Waals surface area contributed by atoms with Gasteiger partial charge in [-0.2, -0.15) is 0 Å². The van der Waals surface area contributed by atoms with Crippen molar-refractivity contribution < 1.29 is 0 Å². The Bertz CT molecular complexity index is 3590. The second kappa shape index (κ2) is 16.8. The van der Waals surface area contributed by atoms with E-state index in [1.54, 1.807) is 0 Å². The first-order valence-electron chi connectivity index (χ1n) is 22.7. The molecule has 1 heterocycles. The zero-order valence-electron chi connectivity index (χ0n) is 36.3. The third-order valence-electron chi connectivity index (χ3n) is 12.9. The molecule has 310 valence electrons. The van der Waals surface area contributed by atoms with Crippen molar-refractivity contribution in [2.45, 2.75) is 0 Å². The summed E-state index contributed by atoms with van der Waals surface area (Å²) < 4.78 is 2.42. The van der Waals surface area contributed by atoms with Crippen LogP contribution in [-0.4, -0.2) is 4.57 Å². The molecular formula is C64H44N2. The summed E-state index contributed by atoms with van der Waals surface area (Å²) in [6, 6.07) is 97.0. The van der Waals surface area contributed by atoms with E-state index in [4.69, 9.17) is 0 Å². The van der Waals surface area contributed by atoms with Crippen molar-refractivity contribution in [3.05, 3.63) is 267 Å². The smallest absolute Gasteiger partial charge is 0.0547 e. The van der Waals surface area contributed by atoms with E-state index in [0.29, 0.717) is 0 Å². The first-order chi connectivity index (χ1) is 32.7. The van der Waals surface area contributed by atoms with Crippen LogP contribution in [0.2, 0.25) is 0 Å². The van der Waals surface area contributed by atoms with Crippen LogP contribution in [0, 0.1) is 0 Å². The Hall–Kier alpha value is -8.72. The maximum absolute atomic E-state index is 2.42. The number of para-hydroxylation sites is 1. The summed E-state index contributed by atoms with van der Waals surface area (Å²) in [5.74, 6) is 0. The zero-order chi connectivity index (χ0) is 43.8. The monoisotopic (exact) mass is 840 g/mol. The molecule has 0 radical (unpaired) electrons. The number of benzene rings is 11. The quantitative estimate of drug-likeness (QED) is 0.141. The summed E-state index contributed by atoms with van der Waals surface area (Å²) in [7, 11) is 0. The number of nitrogens with zero attached hydrogens (tertiary/aromatic N) is 2. The van der Waals surface area contributed by atoms with E-state index in [2.05, 4.69) is 276 Å². The molecule has 0 bridgehead atoms. The van der Waals surface area contributed by atoms with Gasteiger partial charge in [0, 0.05) is 33.5 Å². The van der Waals surface area contributed by atoms with Crippen molar-refractivity contribution in [2.24, 2.45) is 0 Å². The van der Waals surface area contributed by atoms with Crippen molar-refractivity contribution in [2.75, 3.05) is 4.90 Å². The second-order valence-electron chi connectivity index (χ2n) is 17.0. The third kappa shape index (κ3) is 7.21. The molecule has 12 aromatic rings. The SMILES string of the molecule is c1ccc(-c2ccc(-c3ccc(N(c4cc(-c5ccccc5)cc(-c5ccccc5)c4)c4cccc(-c5cccc6c5c5cc7ccccc7cc5n6-c5ccccc5)c4)cc3)cc2)cc1. The van der Waals surface area contributed by atoms with Gasteiger partial charge in [-0.25, -0.2) is 0 Å². The van der Waals surface area contributed by atoms with Crippen LogP contribution in [-0.2, 0) is 0 Å². The molecular weight excluding hydrogens is 797 g/mol. The fourth-order valence-electron chi connectivity index (χ4n) is 9.73. The van der Waals surface area contributed by atoms with Gasteiger partial charge in [0.2, 0.25) is 0 Å². The fraction of sp³-hybridized carbons (Fsp3) is 0. The summed E-state index contributed by atoms with van der Waals surface area (Å²) >= 11 is 0. The molecule has 1 aromatic heterocycles. The van der Waals surface area contributed by atoms with Crippen LogP contribution in [0.25, 0.3) is 93.9 Å². The van der Waals surface area contributed by atoms with Gasteiger partial charge in [-0.3, -0.25) is 0 Å². The fourth-order valence-corrected chi connectivity index (χ4v) is 9.73. The molecule has 0 aliphatic heterocycles. The Labute approximate surface area is 385 Å². The molecule has 0 unspecified atom stereocenters. The van der Waals surface area contributed by atoms with Crippen LogP contribution in [0.5, 0.6) is 0 Å². The number of hydrogen-bond donors (Lipinski definition) is 0. The van der Waals surface area contributed by atoms with Gasteiger partial charge in [0.15, 0.2) is 0 Å². The number of fused-ring (bicyclic) bond motifs is 4. The van der Waals surface area contributed by atoms with E-state index in [1.807, 2.05) is 0 Å². The minimum atomic E-state index is 1.07. The molecule has 0 N–H and O–H groups in total. The van der Waals surface area contributed by atoms with E-state index < -0.39 is 0 Å². The van der Waals surface area contributed by atoms with Gasteiger partial charge in [0.1, 0.15) is 0 Å². The van der Waals surface area contributed by atoms with E-state index in [9.17, 15) is 0 Å². The van der Waals surface area contributed by atoms with Crippen molar-refractivity contribution in [3.63, 3.8) is 0 Å². The van der Waals surface area contributed by atoms with E-state index in [0.717, 1.165) is 39.4 Å². The van der Waals surface area contributed by atoms with Crippen molar-refractivity contribution in [1.82, 2.24) is 4.57 Å². The lowest BCUT2D eigenvalue weighted by molar-refractivity contribution is 1.18. The van der Waals surface area contributed by atoms with Gasteiger partial charge < -0.3 is 9.47 Å². The molecule has 0 saturated carbocycles. The molecule has 2 heteroatoms. The summed E-state index contributed by atoms with van der Waals surface area (Å²) in [5.41, 5.74) is 18.6. The molecule has 0 aliphatic rings. The number of hydrogen-bond acceptors (Lipinski definition) is 1. The lowest BCUT2D eigenvalue weighted by Crippen LogP contribution is -2.10. The lowest BCUT2D eigenvalue weighted by Gasteiger charge is -2.27. The highest BCUT2D eigenvalue weighted by Crippen LogP contribution is 2.44.